The Labute approximate surface area is 219 Å². The van der Waals surface area contributed by atoms with Gasteiger partial charge in [-0.1, -0.05) is 30.3 Å². The number of amides is 1. The molecule has 38 heavy (non-hydrogen) atoms. The molecule has 1 aromatic heterocycles. The first-order valence-electron chi connectivity index (χ1n) is 12.2. The maximum absolute atomic E-state index is 13.8. The Hall–Kier alpha value is -4.46. The van der Waals surface area contributed by atoms with E-state index in [1.807, 2.05) is 18.2 Å². The molecule has 1 unspecified atom stereocenters. The number of fused-ring (bicyclic) bond motifs is 1. The maximum atomic E-state index is 13.8. The van der Waals surface area contributed by atoms with Gasteiger partial charge in [0.2, 0.25) is 11.8 Å². The molecule has 0 saturated carbocycles. The van der Waals surface area contributed by atoms with Crippen LogP contribution in [-0.4, -0.2) is 28.0 Å². The van der Waals surface area contributed by atoms with Gasteiger partial charge in [-0.05, 0) is 74.4 Å². The molecule has 5 rings (SSSR count). The Morgan fingerprint density at radius 2 is 1.84 bits per heavy atom. The number of carboxylic acid groups (broad SMARTS) is 1. The van der Waals surface area contributed by atoms with E-state index in [-0.39, 0.29) is 24.8 Å². The van der Waals surface area contributed by atoms with E-state index < -0.39 is 17.4 Å². The van der Waals surface area contributed by atoms with Crippen LogP contribution in [0.1, 0.15) is 36.4 Å². The van der Waals surface area contributed by atoms with Crippen LogP contribution >= 0.6 is 0 Å². The topological polar surface area (TPSA) is 92.9 Å². The van der Waals surface area contributed by atoms with Gasteiger partial charge in [0.25, 0.3) is 0 Å². The van der Waals surface area contributed by atoms with Crippen molar-refractivity contribution in [1.82, 2.24) is 4.98 Å². The average Bonchev–Trinajstić information content (AvgIpc) is 3.48. The second-order valence-corrected chi connectivity index (χ2v) is 9.83. The zero-order chi connectivity index (χ0) is 27.0. The van der Waals surface area contributed by atoms with Crippen molar-refractivity contribution in [2.75, 3.05) is 4.90 Å². The van der Waals surface area contributed by atoms with Crippen LogP contribution in [0, 0.1) is 12.7 Å². The zero-order valence-corrected chi connectivity index (χ0v) is 21.3. The number of ether oxygens (including phenoxy) is 1. The smallest absolute Gasteiger partial charge is 0.327 e. The predicted octanol–water partition coefficient (Wildman–Crippen LogP) is 5.69. The van der Waals surface area contributed by atoms with E-state index >= 15 is 0 Å². The lowest BCUT2D eigenvalue weighted by molar-refractivity contribution is -0.140. The fourth-order valence-corrected chi connectivity index (χ4v) is 4.66. The standard InChI is InChI=1S/C30H27FN2O5/c1-18-24(32-27(38-18)19-11-13-22(31)14-12-19)17-37-23-9-6-8-21(16-23)30(2,3)29(36)33-25-10-5-4-7-20(25)15-26(33)28(34)35/h4-14,16,26H,15,17H2,1-3H3,(H,34,35). The summed E-state index contributed by atoms with van der Waals surface area (Å²) in [5.41, 5.74) is 2.39. The number of hydrogen-bond acceptors (Lipinski definition) is 5. The van der Waals surface area contributed by atoms with E-state index in [0.29, 0.717) is 39.9 Å². The highest BCUT2D eigenvalue weighted by Crippen LogP contribution is 2.37. The summed E-state index contributed by atoms with van der Waals surface area (Å²) in [7, 11) is 0. The molecule has 0 saturated heterocycles. The van der Waals surface area contributed by atoms with E-state index in [9.17, 15) is 19.1 Å². The van der Waals surface area contributed by atoms with Crippen molar-refractivity contribution < 1.29 is 28.2 Å². The summed E-state index contributed by atoms with van der Waals surface area (Å²) in [6.07, 6.45) is 0.271. The number of rotatable bonds is 7. The SMILES string of the molecule is Cc1oc(-c2ccc(F)cc2)nc1COc1cccc(C(C)(C)C(=O)N2c3ccccc3CC2C(=O)O)c1. The number of carbonyl (C=O) groups excluding carboxylic acids is 1. The molecular weight excluding hydrogens is 487 g/mol. The van der Waals surface area contributed by atoms with Gasteiger partial charge >= 0.3 is 5.97 Å². The van der Waals surface area contributed by atoms with Gasteiger partial charge in [0, 0.05) is 17.7 Å². The Bertz CT molecular complexity index is 1510. The maximum Gasteiger partial charge on any atom is 0.327 e. The molecule has 3 aromatic carbocycles. The summed E-state index contributed by atoms with van der Waals surface area (Å²) in [4.78, 5) is 31.7. The molecule has 0 fully saturated rings. The van der Waals surface area contributed by atoms with Crippen LogP contribution in [0.25, 0.3) is 11.5 Å². The first-order chi connectivity index (χ1) is 18.1. The van der Waals surface area contributed by atoms with Gasteiger partial charge < -0.3 is 14.3 Å². The van der Waals surface area contributed by atoms with E-state index in [1.54, 1.807) is 63.2 Å². The van der Waals surface area contributed by atoms with Crippen molar-refractivity contribution in [3.63, 3.8) is 0 Å². The molecule has 0 radical (unpaired) electrons. The molecule has 8 heteroatoms. The summed E-state index contributed by atoms with van der Waals surface area (Å²) in [5.74, 6) is -0.183. The minimum Gasteiger partial charge on any atom is -0.487 e. The third-order valence-electron chi connectivity index (χ3n) is 6.93. The average molecular weight is 515 g/mol. The number of benzene rings is 3. The highest BCUT2D eigenvalue weighted by molar-refractivity contribution is 6.06. The molecular formula is C30H27FN2O5. The minimum absolute atomic E-state index is 0.134. The molecule has 194 valence electrons. The summed E-state index contributed by atoms with van der Waals surface area (Å²) < 4.78 is 25.0. The molecule has 0 bridgehead atoms. The van der Waals surface area contributed by atoms with E-state index in [4.69, 9.17) is 9.15 Å². The number of para-hydroxylation sites is 1. The van der Waals surface area contributed by atoms with Crippen molar-refractivity contribution in [2.45, 2.75) is 45.3 Å². The number of carboxylic acids is 1. The molecule has 1 aliphatic heterocycles. The molecule has 0 spiro atoms. The lowest BCUT2D eigenvalue weighted by Crippen LogP contribution is -2.50. The number of aromatic nitrogens is 1. The normalized spacial score (nSPS) is 14.8. The van der Waals surface area contributed by atoms with E-state index in [0.717, 1.165) is 5.56 Å². The number of anilines is 1. The first-order valence-corrected chi connectivity index (χ1v) is 12.2. The second kappa shape index (κ2) is 9.78. The van der Waals surface area contributed by atoms with Crippen LogP contribution in [0.3, 0.4) is 0 Å². The highest BCUT2D eigenvalue weighted by Gasteiger charge is 2.44. The Balaban J connectivity index is 1.35. The number of halogens is 1. The van der Waals surface area contributed by atoms with Crippen molar-refractivity contribution >= 4 is 17.6 Å². The molecule has 0 aliphatic carbocycles. The lowest BCUT2D eigenvalue weighted by Gasteiger charge is -2.32. The van der Waals surface area contributed by atoms with Crippen molar-refractivity contribution in [3.8, 4) is 17.2 Å². The van der Waals surface area contributed by atoms with Gasteiger partial charge in [-0.2, -0.15) is 0 Å². The number of nitrogens with zero attached hydrogens (tertiary/aromatic N) is 2. The van der Waals surface area contributed by atoms with Crippen molar-refractivity contribution in [3.05, 3.63) is 101 Å². The number of carbonyl (C=O) groups is 2. The molecule has 2 heterocycles. The number of hydrogen-bond donors (Lipinski definition) is 1. The van der Waals surface area contributed by atoms with Gasteiger partial charge in [0.15, 0.2) is 0 Å². The van der Waals surface area contributed by atoms with Gasteiger partial charge in [0.05, 0.1) is 5.41 Å². The first kappa shape index (κ1) is 25.2. The molecule has 7 nitrogen and oxygen atoms in total. The third kappa shape index (κ3) is 4.65. The van der Waals surface area contributed by atoms with Crippen molar-refractivity contribution in [1.29, 1.82) is 0 Å². The summed E-state index contributed by atoms with van der Waals surface area (Å²) in [5, 5.41) is 9.83. The monoisotopic (exact) mass is 514 g/mol. The highest BCUT2D eigenvalue weighted by atomic mass is 19.1. The van der Waals surface area contributed by atoms with Crippen LogP contribution in [0.5, 0.6) is 5.75 Å². The van der Waals surface area contributed by atoms with Crippen LogP contribution in [0.2, 0.25) is 0 Å². The van der Waals surface area contributed by atoms with Crippen LogP contribution in [-0.2, 0) is 28.0 Å². The van der Waals surface area contributed by atoms with Crippen molar-refractivity contribution in [2.24, 2.45) is 0 Å². The fourth-order valence-electron chi connectivity index (χ4n) is 4.66. The number of aryl methyl sites for hydroxylation is 1. The summed E-state index contributed by atoms with van der Waals surface area (Å²) >= 11 is 0. The lowest BCUT2D eigenvalue weighted by atomic mass is 9.82. The Morgan fingerprint density at radius 3 is 2.58 bits per heavy atom. The van der Waals surface area contributed by atoms with Crippen LogP contribution < -0.4 is 9.64 Å². The number of aliphatic carboxylic acids is 1. The molecule has 1 aliphatic rings. The zero-order valence-electron chi connectivity index (χ0n) is 21.3. The third-order valence-corrected chi connectivity index (χ3v) is 6.93. The molecule has 4 aromatic rings. The molecule has 1 amide bonds. The van der Waals surface area contributed by atoms with Gasteiger partial charge in [-0.3, -0.25) is 9.69 Å². The summed E-state index contributed by atoms with van der Waals surface area (Å²) in [6, 6.07) is 19.4. The van der Waals surface area contributed by atoms with Gasteiger partial charge in [-0.15, -0.1) is 0 Å². The fraction of sp³-hybridized carbons (Fsp3) is 0.233. The largest absolute Gasteiger partial charge is 0.487 e. The Morgan fingerprint density at radius 1 is 1.11 bits per heavy atom. The predicted molar refractivity (Wildman–Crippen MR) is 139 cm³/mol. The molecule has 1 N–H and O–H groups in total. The van der Waals surface area contributed by atoms with Crippen LogP contribution in [0.15, 0.2) is 77.2 Å². The molecule has 1 atom stereocenters. The Kier molecular flexibility index (Phi) is 6.48. The van der Waals surface area contributed by atoms with E-state index in [2.05, 4.69) is 4.98 Å². The second-order valence-electron chi connectivity index (χ2n) is 9.83. The van der Waals surface area contributed by atoms with Crippen LogP contribution in [0.4, 0.5) is 10.1 Å². The number of oxazole rings is 1. The van der Waals surface area contributed by atoms with Gasteiger partial charge in [0.1, 0.15) is 35.7 Å². The quantitative estimate of drug-likeness (QED) is 0.341. The summed E-state index contributed by atoms with van der Waals surface area (Å²) in [6.45, 7) is 5.48. The van der Waals surface area contributed by atoms with Gasteiger partial charge in [-0.25, -0.2) is 14.2 Å². The minimum atomic E-state index is -1.04. The van der Waals surface area contributed by atoms with E-state index in [1.165, 1.54) is 17.0 Å².